The zero-order valence-electron chi connectivity index (χ0n) is 11.5. The molecule has 1 aromatic rings. The summed E-state index contributed by atoms with van der Waals surface area (Å²) < 4.78 is 12.9. The molecule has 4 nitrogen and oxygen atoms in total. The molecular formula is C14H18Br2N2O2. The van der Waals surface area contributed by atoms with Crippen LogP contribution in [0.2, 0.25) is 0 Å². The number of hydrogen-bond donors (Lipinski definition) is 1. The number of nitrogens with two attached hydrogens (primary N) is 1. The van der Waals surface area contributed by atoms with Crippen molar-refractivity contribution in [3.8, 4) is 5.75 Å². The Balaban J connectivity index is 2.05. The van der Waals surface area contributed by atoms with Crippen molar-refractivity contribution in [3.05, 3.63) is 33.1 Å². The first-order valence-electron chi connectivity index (χ1n) is 6.44. The molecule has 2 rings (SSSR count). The maximum Gasteiger partial charge on any atom is 0.145 e. The van der Waals surface area contributed by atoms with E-state index in [1.807, 2.05) is 12.1 Å². The SMILES string of the molecule is CC(C)N1CCO/C(=C\Oc2cc(Br)c(N)c(Br)c2)C1. The molecule has 1 fully saturated rings. The van der Waals surface area contributed by atoms with E-state index in [1.54, 1.807) is 6.26 Å². The van der Waals surface area contributed by atoms with Crippen LogP contribution in [0.4, 0.5) is 5.69 Å². The standard InChI is InChI=1S/C14H18Br2N2O2/c1-9(2)18-3-4-19-11(7-18)8-20-10-5-12(15)14(17)13(16)6-10/h5-6,8-9H,3-4,7,17H2,1-2H3/b11-8-. The third kappa shape index (κ3) is 3.90. The molecule has 1 aromatic carbocycles. The Bertz CT molecular complexity index is 495. The number of ether oxygens (including phenoxy) is 2. The van der Waals surface area contributed by atoms with Gasteiger partial charge in [0, 0.05) is 21.5 Å². The third-order valence-electron chi connectivity index (χ3n) is 3.13. The highest BCUT2D eigenvalue weighted by Gasteiger charge is 2.18. The minimum Gasteiger partial charge on any atom is -0.492 e. The van der Waals surface area contributed by atoms with E-state index in [0.29, 0.717) is 24.1 Å². The number of morpholine rings is 1. The van der Waals surface area contributed by atoms with E-state index < -0.39 is 0 Å². The maximum atomic E-state index is 5.85. The Labute approximate surface area is 136 Å². The number of benzene rings is 1. The van der Waals surface area contributed by atoms with Crippen molar-refractivity contribution in [3.63, 3.8) is 0 Å². The molecule has 1 saturated heterocycles. The number of hydrogen-bond acceptors (Lipinski definition) is 4. The fraction of sp³-hybridized carbons (Fsp3) is 0.429. The van der Waals surface area contributed by atoms with Crippen LogP contribution in [0.15, 0.2) is 33.1 Å². The molecule has 0 amide bonds. The first-order valence-corrected chi connectivity index (χ1v) is 8.03. The van der Waals surface area contributed by atoms with Crippen LogP contribution >= 0.6 is 31.9 Å². The molecule has 0 atom stereocenters. The van der Waals surface area contributed by atoms with Crippen molar-refractivity contribution in [1.29, 1.82) is 0 Å². The largest absolute Gasteiger partial charge is 0.492 e. The molecule has 20 heavy (non-hydrogen) atoms. The van der Waals surface area contributed by atoms with E-state index in [1.165, 1.54) is 0 Å². The predicted octanol–water partition coefficient (Wildman–Crippen LogP) is 3.75. The van der Waals surface area contributed by atoms with Gasteiger partial charge in [0.05, 0.1) is 12.2 Å². The minimum atomic E-state index is 0.502. The highest BCUT2D eigenvalue weighted by molar-refractivity contribution is 9.11. The van der Waals surface area contributed by atoms with Gasteiger partial charge in [-0.15, -0.1) is 0 Å². The van der Waals surface area contributed by atoms with E-state index in [2.05, 4.69) is 50.6 Å². The number of nitrogens with zero attached hydrogens (tertiary/aromatic N) is 1. The van der Waals surface area contributed by atoms with Crippen LogP contribution < -0.4 is 10.5 Å². The zero-order chi connectivity index (χ0) is 14.7. The van der Waals surface area contributed by atoms with E-state index >= 15 is 0 Å². The number of rotatable bonds is 3. The van der Waals surface area contributed by atoms with Gasteiger partial charge >= 0.3 is 0 Å². The van der Waals surface area contributed by atoms with Crippen LogP contribution in [0.3, 0.4) is 0 Å². The fourth-order valence-corrected chi connectivity index (χ4v) is 3.04. The van der Waals surface area contributed by atoms with Gasteiger partial charge in [0.25, 0.3) is 0 Å². The molecule has 0 bridgehead atoms. The predicted molar refractivity (Wildman–Crippen MR) is 87.6 cm³/mol. The van der Waals surface area contributed by atoms with Crippen LogP contribution in [0, 0.1) is 0 Å². The Morgan fingerprint density at radius 2 is 2.00 bits per heavy atom. The van der Waals surface area contributed by atoms with Crippen molar-refractivity contribution < 1.29 is 9.47 Å². The van der Waals surface area contributed by atoms with Crippen LogP contribution in [0.5, 0.6) is 5.75 Å². The average Bonchev–Trinajstić information content (AvgIpc) is 2.42. The molecule has 6 heteroatoms. The van der Waals surface area contributed by atoms with Crippen molar-refractivity contribution in [1.82, 2.24) is 4.90 Å². The van der Waals surface area contributed by atoms with Gasteiger partial charge in [-0.2, -0.15) is 0 Å². The second kappa shape index (κ2) is 6.83. The second-order valence-electron chi connectivity index (χ2n) is 4.92. The summed E-state index contributed by atoms with van der Waals surface area (Å²) in [6.45, 7) is 6.78. The highest BCUT2D eigenvalue weighted by atomic mass is 79.9. The van der Waals surface area contributed by atoms with E-state index in [0.717, 1.165) is 27.8 Å². The van der Waals surface area contributed by atoms with E-state index in [-0.39, 0.29) is 0 Å². The van der Waals surface area contributed by atoms with Gasteiger partial charge in [-0.1, -0.05) is 0 Å². The van der Waals surface area contributed by atoms with Crippen LogP contribution in [0.25, 0.3) is 0 Å². The van der Waals surface area contributed by atoms with E-state index in [9.17, 15) is 0 Å². The molecule has 1 heterocycles. The molecule has 0 unspecified atom stereocenters. The molecule has 1 aliphatic rings. The Hall–Kier alpha value is -0.720. The summed E-state index contributed by atoms with van der Waals surface area (Å²) in [5, 5.41) is 0. The van der Waals surface area contributed by atoms with Gasteiger partial charge in [-0.25, -0.2) is 0 Å². The monoisotopic (exact) mass is 404 g/mol. The van der Waals surface area contributed by atoms with Gasteiger partial charge in [-0.05, 0) is 57.8 Å². The van der Waals surface area contributed by atoms with Crippen LogP contribution in [-0.4, -0.2) is 30.6 Å². The molecule has 1 aliphatic heterocycles. The molecule has 110 valence electrons. The first kappa shape index (κ1) is 15.7. The van der Waals surface area contributed by atoms with Gasteiger partial charge in [0.15, 0.2) is 0 Å². The second-order valence-corrected chi connectivity index (χ2v) is 6.62. The Morgan fingerprint density at radius 3 is 2.60 bits per heavy atom. The maximum absolute atomic E-state index is 5.85. The molecule has 0 aliphatic carbocycles. The molecule has 0 spiro atoms. The van der Waals surface area contributed by atoms with Crippen molar-refractivity contribution in [2.24, 2.45) is 0 Å². The Morgan fingerprint density at radius 1 is 1.35 bits per heavy atom. The van der Waals surface area contributed by atoms with Crippen molar-refractivity contribution in [2.75, 3.05) is 25.4 Å². The summed E-state index contributed by atoms with van der Waals surface area (Å²) in [6, 6.07) is 4.17. The number of halogens is 2. The lowest BCUT2D eigenvalue weighted by Gasteiger charge is -2.31. The van der Waals surface area contributed by atoms with E-state index in [4.69, 9.17) is 15.2 Å². The molecular weight excluding hydrogens is 388 g/mol. The third-order valence-corrected chi connectivity index (χ3v) is 4.45. The summed E-state index contributed by atoms with van der Waals surface area (Å²) in [6.07, 6.45) is 1.67. The lowest BCUT2D eigenvalue weighted by molar-refractivity contribution is 0.0710. The van der Waals surface area contributed by atoms with Crippen LogP contribution in [-0.2, 0) is 4.74 Å². The molecule has 0 saturated carbocycles. The quantitative estimate of drug-likeness (QED) is 0.614. The number of anilines is 1. The van der Waals surface area contributed by atoms with Crippen molar-refractivity contribution in [2.45, 2.75) is 19.9 Å². The topological polar surface area (TPSA) is 47.7 Å². The number of nitrogen functional groups attached to an aromatic ring is 1. The van der Waals surface area contributed by atoms with Gasteiger partial charge in [-0.3, -0.25) is 4.90 Å². The molecule has 0 aromatic heterocycles. The van der Waals surface area contributed by atoms with Gasteiger partial charge in [0.2, 0.25) is 0 Å². The van der Waals surface area contributed by atoms with Crippen LogP contribution in [0.1, 0.15) is 13.8 Å². The molecule has 2 N–H and O–H groups in total. The van der Waals surface area contributed by atoms with Gasteiger partial charge in [0.1, 0.15) is 24.4 Å². The smallest absolute Gasteiger partial charge is 0.145 e. The first-order chi connectivity index (χ1) is 9.47. The summed E-state index contributed by atoms with van der Waals surface area (Å²) in [5.41, 5.74) is 6.50. The Kier molecular flexibility index (Phi) is 5.35. The normalized spacial score (nSPS) is 18.4. The summed E-state index contributed by atoms with van der Waals surface area (Å²) in [5.74, 6) is 1.55. The minimum absolute atomic E-state index is 0.502. The summed E-state index contributed by atoms with van der Waals surface area (Å²) in [4.78, 5) is 2.34. The lowest BCUT2D eigenvalue weighted by atomic mass is 10.3. The summed E-state index contributed by atoms with van der Waals surface area (Å²) >= 11 is 6.79. The zero-order valence-corrected chi connectivity index (χ0v) is 14.7. The van der Waals surface area contributed by atoms with Gasteiger partial charge < -0.3 is 15.2 Å². The molecule has 0 radical (unpaired) electrons. The highest BCUT2D eigenvalue weighted by Crippen LogP contribution is 2.33. The fourth-order valence-electron chi connectivity index (χ4n) is 1.89. The van der Waals surface area contributed by atoms with Crippen molar-refractivity contribution >= 4 is 37.5 Å². The summed E-state index contributed by atoms with van der Waals surface area (Å²) in [7, 11) is 0. The lowest BCUT2D eigenvalue weighted by Crippen LogP contribution is -2.39. The average molecular weight is 406 g/mol.